The number of rotatable bonds is 4. The number of nitrogen functional groups attached to an aromatic ring is 1. The van der Waals surface area contributed by atoms with Crippen LogP contribution in [0.2, 0.25) is 0 Å². The maximum atomic E-state index is 5.32. The zero-order chi connectivity index (χ0) is 9.97. The third-order valence-corrected chi connectivity index (χ3v) is 2.50. The molecule has 2 rings (SSSR count). The number of pyridine rings is 1. The van der Waals surface area contributed by atoms with Crippen molar-refractivity contribution in [3.05, 3.63) is 18.2 Å². The lowest BCUT2D eigenvalue weighted by Crippen LogP contribution is -2.26. The highest BCUT2D eigenvalue weighted by Gasteiger charge is 2.28. The van der Waals surface area contributed by atoms with Gasteiger partial charge in [-0.1, -0.05) is 6.07 Å². The van der Waals surface area contributed by atoms with E-state index in [1.54, 1.807) is 0 Å². The molecule has 0 radical (unpaired) electrons. The van der Waals surface area contributed by atoms with Crippen molar-refractivity contribution in [2.75, 3.05) is 16.9 Å². The Morgan fingerprint density at radius 1 is 1.57 bits per heavy atom. The zero-order valence-corrected chi connectivity index (χ0v) is 8.40. The predicted octanol–water partition coefficient (Wildman–Crippen LogP) is 1.36. The van der Waals surface area contributed by atoms with Crippen molar-refractivity contribution in [1.29, 1.82) is 0 Å². The molecule has 0 spiro atoms. The van der Waals surface area contributed by atoms with Gasteiger partial charge >= 0.3 is 0 Å². The van der Waals surface area contributed by atoms with Crippen molar-refractivity contribution >= 4 is 11.6 Å². The monoisotopic (exact) mass is 192 g/mol. The Balaban J connectivity index is 2.20. The summed E-state index contributed by atoms with van der Waals surface area (Å²) in [4.78, 5) is 6.73. The zero-order valence-electron chi connectivity index (χ0n) is 8.40. The minimum absolute atomic E-state index is 0.695. The molecular weight excluding hydrogens is 176 g/mol. The molecule has 0 unspecified atom stereocenters. The lowest BCUT2D eigenvalue weighted by Gasteiger charge is -2.21. The van der Waals surface area contributed by atoms with E-state index in [9.17, 15) is 0 Å². The maximum absolute atomic E-state index is 5.32. The Hall–Kier alpha value is -1.29. The molecule has 4 nitrogen and oxygen atoms in total. The van der Waals surface area contributed by atoms with E-state index in [2.05, 4.69) is 22.2 Å². The maximum Gasteiger partial charge on any atom is 0.142 e. The van der Waals surface area contributed by atoms with Gasteiger partial charge in [0.15, 0.2) is 0 Å². The summed E-state index contributed by atoms with van der Waals surface area (Å²) < 4.78 is 0. The Morgan fingerprint density at radius 2 is 2.36 bits per heavy atom. The standard InChI is InChI=1S/C10H16N4/c1-2-14(8-6-7-8)10-5-3-4-9(12-10)13-11/h3-5,8H,2,6-7,11H2,1H3,(H,12,13). The first-order valence-corrected chi connectivity index (χ1v) is 5.05. The Morgan fingerprint density at radius 3 is 2.93 bits per heavy atom. The molecule has 0 saturated heterocycles. The molecule has 3 N–H and O–H groups in total. The predicted molar refractivity (Wildman–Crippen MR) is 58.1 cm³/mol. The smallest absolute Gasteiger partial charge is 0.142 e. The van der Waals surface area contributed by atoms with E-state index in [0.717, 1.165) is 18.2 Å². The summed E-state index contributed by atoms with van der Waals surface area (Å²) in [6.07, 6.45) is 2.58. The van der Waals surface area contributed by atoms with E-state index < -0.39 is 0 Å². The van der Waals surface area contributed by atoms with Crippen LogP contribution in [0.1, 0.15) is 19.8 Å². The molecular formula is C10H16N4. The average Bonchev–Trinajstić information content (AvgIpc) is 3.04. The third-order valence-electron chi connectivity index (χ3n) is 2.50. The van der Waals surface area contributed by atoms with E-state index in [4.69, 9.17) is 5.84 Å². The molecule has 0 amide bonds. The van der Waals surface area contributed by atoms with Gasteiger partial charge in [0.25, 0.3) is 0 Å². The highest BCUT2D eigenvalue weighted by molar-refractivity contribution is 5.48. The summed E-state index contributed by atoms with van der Waals surface area (Å²) in [6, 6.07) is 6.57. The normalized spacial score (nSPS) is 15.3. The molecule has 76 valence electrons. The summed E-state index contributed by atoms with van der Waals surface area (Å²) in [5.74, 6) is 7.06. The second-order valence-corrected chi connectivity index (χ2v) is 3.54. The fourth-order valence-corrected chi connectivity index (χ4v) is 1.66. The van der Waals surface area contributed by atoms with Gasteiger partial charge in [0.1, 0.15) is 11.6 Å². The van der Waals surface area contributed by atoms with Gasteiger partial charge in [0, 0.05) is 12.6 Å². The van der Waals surface area contributed by atoms with E-state index in [1.807, 2.05) is 18.2 Å². The lowest BCUT2D eigenvalue weighted by atomic mass is 10.4. The van der Waals surface area contributed by atoms with Gasteiger partial charge in [0.05, 0.1) is 0 Å². The van der Waals surface area contributed by atoms with Gasteiger partial charge in [-0.25, -0.2) is 10.8 Å². The average molecular weight is 192 g/mol. The van der Waals surface area contributed by atoms with Crippen LogP contribution in [0.25, 0.3) is 0 Å². The number of hydrogen-bond donors (Lipinski definition) is 2. The fraction of sp³-hybridized carbons (Fsp3) is 0.500. The minimum Gasteiger partial charge on any atom is -0.354 e. The molecule has 1 heterocycles. The summed E-state index contributed by atoms with van der Waals surface area (Å²) in [5, 5.41) is 0. The number of anilines is 2. The van der Waals surface area contributed by atoms with E-state index >= 15 is 0 Å². The van der Waals surface area contributed by atoms with Crippen LogP contribution in [0, 0.1) is 0 Å². The van der Waals surface area contributed by atoms with E-state index in [0.29, 0.717) is 6.04 Å². The Bertz CT molecular complexity index is 309. The summed E-state index contributed by atoms with van der Waals surface area (Å²) in [7, 11) is 0. The van der Waals surface area contributed by atoms with Crippen molar-refractivity contribution in [2.24, 2.45) is 5.84 Å². The second kappa shape index (κ2) is 3.84. The molecule has 1 fully saturated rings. The topological polar surface area (TPSA) is 54.2 Å². The van der Waals surface area contributed by atoms with Crippen LogP contribution in [-0.2, 0) is 0 Å². The van der Waals surface area contributed by atoms with Gasteiger partial charge in [-0.2, -0.15) is 0 Å². The van der Waals surface area contributed by atoms with Gasteiger partial charge in [-0.15, -0.1) is 0 Å². The molecule has 1 aliphatic rings. The quantitative estimate of drug-likeness (QED) is 0.558. The fourth-order valence-electron chi connectivity index (χ4n) is 1.66. The van der Waals surface area contributed by atoms with Crippen molar-refractivity contribution in [3.8, 4) is 0 Å². The molecule has 1 aromatic heterocycles. The summed E-state index contributed by atoms with van der Waals surface area (Å²) in [5.41, 5.74) is 2.57. The number of hydrazine groups is 1. The molecule has 0 bridgehead atoms. The molecule has 4 heteroatoms. The molecule has 1 aliphatic carbocycles. The molecule has 0 atom stereocenters. The minimum atomic E-state index is 0.695. The van der Waals surface area contributed by atoms with Crippen LogP contribution < -0.4 is 16.2 Å². The first-order chi connectivity index (χ1) is 6.85. The Labute approximate surface area is 84.1 Å². The van der Waals surface area contributed by atoms with Crippen LogP contribution in [0.15, 0.2) is 18.2 Å². The molecule has 0 aromatic carbocycles. The van der Waals surface area contributed by atoms with Gasteiger partial charge in [-0.3, -0.25) is 0 Å². The molecule has 1 aromatic rings. The highest BCUT2D eigenvalue weighted by Crippen LogP contribution is 2.30. The van der Waals surface area contributed by atoms with Gasteiger partial charge in [-0.05, 0) is 31.9 Å². The van der Waals surface area contributed by atoms with Crippen molar-refractivity contribution in [1.82, 2.24) is 4.98 Å². The lowest BCUT2D eigenvalue weighted by molar-refractivity contribution is 0.809. The number of aromatic nitrogens is 1. The number of nitrogens with one attached hydrogen (secondary N) is 1. The molecule has 1 saturated carbocycles. The molecule has 0 aliphatic heterocycles. The van der Waals surface area contributed by atoms with Crippen molar-refractivity contribution in [3.63, 3.8) is 0 Å². The van der Waals surface area contributed by atoms with Gasteiger partial charge < -0.3 is 10.3 Å². The summed E-state index contributed by atoms with van der Waals surface area (Å²) >= 11 is 0. The van der Waals surface area contributed by atoms with Crippen LogP contribution in [-0.4, -0.2) is 17.6 Å². The molecule has 14 heavy (non-hydrogen) atoms. The first kappa shape index (κ1) is 9.27. The van der Waals surface area contributed by atoms with E-state index in [1.165, 1.54) is 12.8 Å². The first-order valence-electron chi connectivity index (χ1n) is 5.05. The van der Waals surface area contributed by atoms with Crippen LogP contribution in [0.3, 0.4) is 0 Å². The highest BCUT2D eigenvalue weighted by atomic mass is 15.3. The summed E-state index contributed by atoms with van der Waals surface area (Å²) in [6.45, 7) is 3.16. The van der Waals surface area contributed by atoms with E-state index in [-0.39, 0.29) is 0 Å². The van der Waals surface area contributed by atoms with Crippen LogP contribution in [0.4, 0.5) is 11.6 Å². The largest absolute Gasteiger partial charge is 0.354 e. The van der Waals surface area contributed by atoms with Crippen molar-refractivity contribution < 1.29 is 0 Å². The number of nitrogens with two attached hydrogens (primary N) is 1. The van der Waals surface area contributed by atoms with Crippen LogP contribution >= 0.6 is 0 Å². The van der Waals surface area contributed by atoms with Gasteiger partial charge in [0.2, 0.25) is 0 Å². The number of hydrogen-bond acceptors (Lipinski definition) is 4. The SMILES string of the molecule is CCN(c1cccc(NN)n1)C1CC1. The van der Waals surface area contributed by atoms with Crippen molar-refractivity contribution in [2.45, 2.75) is 25.8 Å². The third kappa shape index (κ3) is 1.80. The number of nitrogens with zero attached hydrogens (tertiary/aromatic N) is 2. The second-order valence-electron chi connectivity index (χ2n) is 3.54. The Kier molecular flexibility index (Phi) is 2.54. The van der Waals surface area contributed by atoms with Crippen LogP contribution in [0.5, 0.6) is 0 Å².